The SMILES string of the molecule is CC(C)(C)OC(=O)NC(CO)C1CC1(Cl)Cl. The van der Waals surface area contributed by atoms with E-state index in [0.29, 0.717) is 6.42 Å². The van der Waals surface area contributed by atoms with Crippen LogP contribution in [0, 0.1) is 5.92 Å². The van der Waals surface area contributed by atoms with Crippen LogP contribution in [0.2, 0.25) is 0 Å². The molecule has 2 N–H and O–H groups in total. The minimum absolute atomic E-state index is 0.117. The molecule has 2 unspecified atom stereocenters. The number of amides is 1. The molecule has 0 aliphatic heterocycles. The molecule has 0 aromatic rings. The van der Waals surface area contributed by atoms with Gasteiger partial charge in [0.15, 0.2) is 0 Å². The summed E-state index contributed by atoms with van der Waals surface area (Å²) in [6.45, 7) is 5.10. The lowest BCUT2D eigenvalue weighted by Gasteiger charge is -2.23. The van der Waals surface area contributed by atoms with Gasteiger partial charge in [0.1, 0.15) is 9.93 Å². The van der Waals surface area contributed by atoms with Crippen LogP contribution in [0.5, 0.6) is 0 Å². The molecular formula is C10H17Cl2NO3. The van der Waals surface area contributed by atoms with Crippen LogP contribution in [-0.4, -0.2) is 33.8 Å². The number of ether oxygens (including phenoxy) is 1. The number of aliphatic hydroxyl groups excluding tert-OH is 1. The van der Waals surface area contributed by atoms with E-state index in [9.17, 15) is 4.79 Å². The number of alkyl carbamates (subject to hydrolysis) is 1. The van der Waals surface area contributed by atoms with E-state index in [1.165, 1.54) is 0 Å². The monoisotopic (exact) mass is 269 g/mol. The Balaban J connectivity index is 2.43. The molecule has 1 saturated carbocycles. The number of hydrogen-bond donors (Lipinski definition) is 2. The van der Waals surface area contributed by atoms with E-state index < -0.39 is 22.1 Å². The predicted molar refractivity (Wildman–Crippen MR) is 62.8 cm³/mol. The van der Waals surface area contributed by atoms with Gasteiger partial charge in [0.2, 0.25) is 0 Å². The molecule has 0 radical (unpaired) electrons. The maximum Gasteiger partial charge on any atom is 0.407 e. The van der Waals surface area contributed by atoms with Gasteiger partial charge < -0.3 is 15.2 Å². The summed E-state index contributed by atoms with van der Waals surface area (Å²) >= 11 is 11.7. The molecule has 0 heterocycles. The molecule has 0 bridgehead atoms. The zero-order chi connectivity index (χ0) is 12.6. The molecule has 0 aromatic heterocycles. The first-order valence-corrected chi connectivity index (χ1v) is 5.89. The van der Waals surface area contributed by atoms with E-state index in [1.54, 1.807) is 20.8 Å². The third kappa shape index (κ3) is 4.00. The van der Waals surface area contributed by atoms with Crippen LogP contribution in [0.1, 0.15) is 27.2 Å². The first-order valence-electron chi connectivity index (χ1n) is 5.14. The van der Waals surface area contributed by atoms with Crippen LogP contribution in [0.4, 0.5) is 4.79 Å². The van der Waals surface area contributed by atoms with Crippen molar-refractivity contribution in [2.24, 2.45) is 5.92 Å². The lowest BCUT2D eigenvalue weighted by molar-refractivity contribution is 0.0473. The van der Waals surface area contributed by atoms with Crippen molar-refractivity contribution in [3.63, 3.8) is 0 Å². The van der Waals surface area contributed by atoms with Crippen molar-refractivity contribution < 1.29 is 14.6 Å². The Kier molecular flexibility index (Phi) is 3.98. The first kappa shape index (κ1) is 13.9. The van der Waals surface area contributed by atoms with Gasteiger partial charge in [-0.15, -0.1) is 23.2 Å². The van der Waals surface area contributed by atoms with Gasteiger partial charge in [-0.25, -0.2) is 4.79 Å². The summed E-state index contributed by atoms with van der Waals surface area (Å²) in [6, 6.07) is -0.454. The fourth-order valence-corrected chi connectivity index (χ4v) is 2.04. The molecule has 16 heavy (non-hydrogen) atoms. The number of nitrogens with one attached hydrogen (secondary N) is 1. The van der Waals surface area contributed by atoms with Gasteiger partial charge in [-0.1, -0.05) is 0 Å². The topological polar surface area (TPSA) is 58.6 Å². The molecule has 1 amide bonds. The second kappa shape index (κ2) is 4.59. The molecule has 94 valence electrons. The maximum absolute atomic E-state index is 11.4. The largest absolute Gasteiger partial charge is 0.444 e. The molecule has 0 saturated heterocycles. The lowest BCUT2D eigenvalue weighted by Crippen LogP contribution is -2.43. The van der Waals surface area contributed by atoms with Crippen LogP contribution in [0.15, 0.2) is 0 Å². The fraction of sp³-hybridized carbons (Fsp3) is 0.900. The van der Waals surface area contributed by atoms with Crippen molar-refractivity contribution in [1.82, 2.24) is 5.32 Å². The summed E-state index contributed by atoms with van der Waals surface area (Å²) in [6.07, 6.45) is -0.000450. The van der Waals surface area contributed by atoms with Crippen molar-refractivity contribution in [3.05, 3.63) is 0 Å². The van der Waals surface area contributed by atoms with Gasteiger partial charge in [0.05, 0.1) is 12.6 Å². The highest BCUT2D eigenvalue weighted by Crippen LogP contribution is 2.54. The maximum atomic E-state index is 11.4. The van der Waals surface area contributed by atoms with Gasteiger partial charge in [-0.2, -0.15) is 0 Å². The molecule has 2 atom stereocenters. The van der Waals surface area contributed by atoms with Crippen molar-refractivity contribution >= 4 is 29.3 Å². The number of aliphatic hydroxyl groups is 1. The quantitative estimate of drug-likeness (QED) is 0.772. The van der Waals surface area contributed by atoms with E-state index >= 15 is 0 Å². The molecule has 0 aromatic carbocycles. The molecule has 6 heteroatoms. The highest BCUT2D eigenvalue weighted by Gasteiger charge is 2.56. The van der Waals surface area contributed by atoms with Crippen molar-refractivity contribution in [2.45, 2.75) is 43.2 Å². The smallest absolute Gasteiger partial charge is 0.407 e. The zero-order valence-corrected chi connectivity index (χ0v) is 11.1. The van der Waals surface area contributed by atoms with E-state index in [-0.39, 0.29) is 12.5 Å². The minimum Gasteiger partial charge on any atom is -0.444 e. The van der Waals surface area contributed by atoms with Crippen molar-refractivity contribution in [3.8, 4) is 0 Å². The van der Waals surface area contributed by atoms with Gasteiger partial charge in [0, 0.05) is 5.92 Å². The molecule has 1 rings (SSSR count). The van der Waals surface area contributed by atoms with E-state index in [1.807, 2.05) is 0 Å². The second-order valence-electron chi connectivity index (χ2n) is 5.01. The predicted octanol–water partition coefficient (Wildman–Crippen LogP) is 2.07. The number of halogens is 2. The van der Waals surface area contributed by atoms with Gasteiger partial charge >= 0.3 is 6.09 Å². The van der Waals surface area contributed by atoms with Gasteiger partial charge in [-0.05, 0) is 27.2 Å². The Morgan fingerprint density at radius 1 is 1.62 bits per heavy atom. The van der Waals surface area contributed by atoms with Crippen molar-refractivity contribution in [2.75, 3.05) is 6.61 Å². The number of alkyl halides is 2. The van der Waals surface area contributed by atoms with Crippen LogP contribution >= 0.6 is 23.2 Å². The van der Waals surface area contributed by atoms with Crippen LogP contribution < -0.4 is 5.32 Å². The molecular weight excluding hydrogens is 253 g/mol. The van der Waals surface area contributed by atoms with Crippen LogP contribution in [0.25, 0.3) is 0 Å². The highest BCUT2D eigenvalue weighted by molar-refractivity contribution is 6.50. The second-order valence-corrected chi connectivity index (χ2v) is 6.55. The molecule has 1 aliphatic rings. The van der Waals surface area contributed by atoms with E-state index in [2.05, 4.69) is 5.32 Å². The number of carbonyl (C=O) groups is 1. The Labute approximate surface area is 105 Å². The average molecular weight is 270 g/mol. The third-order valence-corrected chi connectivity index (χ3v) is 3.13. The Bertz CT molecular complexity index is 276. The number of carbonyl (C=O) groups excluding carboxylic acids is 1. The summed E-state index contributed by atoms with van der Waals surface area (Å²) in [5.41, 5.74) is -0.563. The zero-order valence-electron chi connectivity index (χ0n) is 9.59. The molecule has 1 aliphatic carbocycles. The van der Waals surface area contributed by atoms with Crippen molar-refractivity contribution in [1.29, 1.82) is 0 Å². The van der Waals surface area contributed by atoms with Gasteiger partial charge in [-0.3, -0.25) is 0 Å². The third-order valence-electron chi connectivity index (χ3n) is 2.26. The first-order chi connectivity index (χ1) is 7.15. The molecule has 0 spiro atoms. The Morgan fingerprint density at radius 2 is 2.12 bits per heavy atom. The van der Waals surface area contributed by atoms with E-state index in [4.69, 9.17) is 33.0 Å². The highest BCUT2D eigenvalue weighted by atomic mass is 35.5. The Morgan fingerprint density at radius 3 is 2.44 bits per heavy atom. The van der Waals surface area contributed by atoms with E-state index in [0.717, 1.165) is 0 Å². The fourth-order valence-electron chi connectivity index (χ4n) is 1.40. The molecule has 1 fully saturated rings. The normalized spacial score (nSPS) is 24.8. The molecule has 4 nitrogen and oxygen atoms in total. The Hall–Kier alpha value is -0.190. The summed E-state index contributed by atoms with van der Waals surface area (Å²) in [4.78, 5) is 11.4. The average Bonchev–Trinajstić information content (AvgIpc) is 2.67. The van der Waals surface area contributed by atoms with Crippen LogP contribution in [-0.2, 0) is 4.74 Å². The summed E-state index contributed by atoms with van der Waals surface area (Å²) < 4.78 is 4.24. The number of hydrogen-bond acceptors (Lipinski definition) is 3. The summed E-state index contributed by atoms with van der Waals surface area (Å²) in [5, 5.41) is 11.7. The van der Waals surface area contributed by atoms with Gasteiger partial charge in [0.25, 0.3) is 0 Å². The summed E-state index contributed by atoms with van der Waals surface area (Å²) in [5.74, 6) is -0.117. The lowest BCUT2D eigenvalue weighted by atomic mass is 10.2. The number of rotatable bonds is 3. The standard InChI is InChI=1S/C10H17Cl2NO3/c1-9(2,3)16-8(15)13-7(5-14)6-4-10(6,11)12/h6-7,14H,4-5H2,1-3H3,(H,13,15). The van der Waals surface area contributed by atoms with Crippen LogP contribution in [0.3, 0.4) is 0 Å². The minimum atomic E-state index is -0.831. The summed E-state index contributed by atoms with van der Waals surface area (Å²) in [7, 11) is 0.